The second-order valence-electron chi connectivity index (χ2n) is 4.99. The van der Waals surface area contributed by atoms with E-state index < -0.39 is 0 Å². The summed E-state index contributed by atoms with van der Waals surface area (Å²) in [6.45, 7) is 4.47. The number of hydrogen-bond acceptors (Lipinski definition) is 3. The quantitative estimate of drug-likeness (QED) is 0.892. The summed E-state index contributed by atoms with van der Waals surface area (Å²) in [7, 11) is 0. The van der Waals surface area contributed by atoms with Crippen LogP contribution in [0.3, 0.4) is 0 Å². The van der Waals surface area contributed by atoms with Crippen molar-refractivity contribution in [3.05, 3.63) is 42.1 Å². The van der Waals surface area contributed by atoms with E-state index in [1.807, 2.05) is 24.0 Å². The molecule has 0 aliphatic heterocycles. The summed E-state index contributed by atoms with van der Waals surface area (Å²) in [5.74, 6) is 2.87. The highest BCUT2D eigenvalue weighted by Gasteiger charge is 2.07. The highest BCUT2D eigenvalue weighted by Crippen LogP contribution is 2.21. The van der Waals surface area contributed by atoms with Crippen LogP contribution in [0.25, 0.3) is 10.9 Å². The molecule has 0 aliphatic carbocycles. The number of pyridine rings is 1. The van der Waals surface area contributed by atoms with Crippen molar-refractivity contribution in [1.29, 1.82) is 0 Å². The molecule has 0 saturated heterocycles. The molecule has 1 atom stereocenters. The van der Waals surface area contributed by atoms with Crippen LogP contribution in [0.2, 0.25) is 0 Å². The number of fused-ring (bicyclic) bond motifs is 1. The van der Waals surface area contributed by atoms with Crippen molar-refractivity contribution in [2.75, 3.05) is 11.5 Å². The van der Waals surface area contributed by atoms with E-state index in [0.29, 0.717) is 0 Å². The molecule has 0 amide bonds. The van der Waals surface area contributed by atoms with Crippen LogP contribution in [0, 0.1) is 5.92 Å². The van der Waals surface area contributed by atoms with Gasteiger partial charge < -0.3 is 5.73 Å². The lowest BCUT2D eigenvalue weighted by Gasteiger charge is -2.13. The lowest BCUT2D eigenvalue weighted by molar-refractivity contribution is 0.746. The van der Waals surface area contributed by atoms with Crippen LogP contribution in [-0.2, 0) is 0 Å². The molecule has 2 N–H and O–H groups in total. The molecule has 18 heavy (non-hydrogen) atoms. The summed E-state index contributed by atoms with van der Waals surface area (Å²) in [4.78, 5) is 4.32. The normalized spacial score (nSPS) is 13.1. The van der Waals surface area contributed by atoms with Gasteiger partial charge in [-0.3, -0.25) is 4.98 Å². The van der Waals surface area contributed by atoms with E-state index in [1.165, 1.54) is 16.7 Å². The standard InChI is InChI=1S/C15H20N2S/c1-11(2)9-18-10-14(16)12-5-6-15-13(8-12)4-3-7-17-15/h3-8,11,14H,9-10,16H2,1-2H3. The van der Waals surface area contributed by atoms with Gasteiger partial charge in [0.05, 0.1) is 5.52 Å². The summed E-state index contributed by atoms with van der Waals surface area (Å²) in [6.07, 6.45) is 1.82. The Morgan fingerprint density at radius 1 is 1.22 bits per heavy atom. The minimum absolute atomic E-state index is 0.110. The van der Waals surface area contributed by atoms with Crippen molar-refractivity contribution in [1.82, 2.24) is 4.98 Å². The SMILES string of the molecule is CC(C)CSCC(N)c1ccc2ncccc2c1. The van der Waals surface area contributed by atoms with E-state index in [1.54, 1.807) is 0 Å². The zero-order valence-electron chi connectivity index (χ0n) is 11.0. The molecule has 2 rings (SSSR count). The van der Waals surface area contributed by atoms with Crippen molar-refractivity contribution in [3.63, 3.8) is 0 Å². The van der Waals surface area contributed by atoms with Crippen LogP contribution in [-0.4, -0.2) is 16.5 Å². The zero-order chi connectivity index (χ0) is 13.0. The molecule has 1 aromatic carbocycles. The molecule has 0 fully saturated rings. The molecule has 2 aromatic rings. The van der Waals surface area contributed by atoms with Crippen molar-refractivity contribution in [2.24, 2.45) is 11.7 Å². The molecule has 1 unspecified atom stereocenters. The Morgan fingerprint density at radius 3 is 2.83 bits per heavy atom. The average Bonchev–Trinajstić information content (AvgIpc) is 2.37. The van der Waals surface area contributed by atoms with Gasteiger partial charge in [0, 0.05) is 23.4 Å². The molecular formula is C15H20N2S. The lowest BCUT2D eigenvalue weighted by Crippen LogP contribution is -2.13. The third kappa shape index (κ3) is 3.47. The summed E-state index contributed by atoms with van der Waals surface area (Å²) < 4.78 is 0. The van der Waals surface area contributed by atoms with Crippen molar-refractivity contribution in [2.45, 2.75) is 19.9 Å². The fourth-order valence-electron chi connectivity index (χ4n) is 1.85. The van der Waals surface area contributed by atoms with Crippen LogP contribution in [0.4, 0.5) is 0 Å². The number of hydrogen-bond donors (Lipinski definition) is 1. The highest BCUT2D eigenvalue weighted by atomic mass is 32.2. The fraction of sp³-hybridized carbons (Fsp3) is 0.400. The summed E-state index contributed by atoms with van der Waals surface area (Å²) in [6, 6.07) is 10.5. The number of aromatic nitrogens is 1. The van der Waals surface area contributed by atoms with E-state index in [9.17, 15) is 0 Å². The Bertz CT molecular complexity index is 511. The minimum Gasteiger partial charge on any atom is -0.323 e. The number of rotatable bonds is 5. The van der Waals surface area contributed by atoms with E-state index in [0.717, 1.165) is 17.2 Å². The maximum Gasteiger partial charge on any atom is 0.0702 e. The number of nitrogens with zero attached hydrogens (tertiary/aromatic N) is 1. The molecule has 96 valence electrons. The number of benzene rings is 1. The molecule has 0 aliphatic rings. The third-order valence-corrected chi connectivity index (χ3v) is 4.30. The van der Waals surface area contributed by atoms with E-state index >= 15 is 0 Å². The monoisotopic (exact) mass is 260 g/mol. The van der Waals surface area contributed by atoms with Crippen LogP contribution < -0.4 is 5.73 Å². The van der Waals surface area contributed by atoms with Crippen LogP contribution in [0.5, 0.6) is 0 Å². The predicted molar refractivity (Wildman–Crippen MR) is 80.8 cm³/mol. The Balaban J connectivity index is 2.06. The smallest absolute Gasteiger partial charge is 0.0702 e. The van der Waals surface area contributed by atoms with Gasteiger partial charge in [0.15, 0.2) is 0 Å². The summed E-state index contributed by atoms with van der Waals surface area (Å²) in [5, 5.41) is 1.17. The Hall–Kier alpha value is -1.06. The first-order valence-electron chi connectivity index (χ1n) is 6.35. The van der Waals surface area contributed by atoms with Gasteiger partial charge in [0.25, 0.3) is 0 Å². The number of nitrogens with two attached hydrogens (primary N) is 1. The van der Waals surface area contributed by atoms with Crippen molar-refractivity contribution >= 4 is 22.7 Å². The molecule has 0 radical (unpaired) electrons. The third-order valence-electron chi connectivity index (χ3n) is 2.80. The first-order valence-corrected chi connectivity index (χ1v) is 7.50. The number of thioether (sulfide) groups is 1. The van der Waals surface area contributed by atoms with Gasteiger partial charge in [-0.1, -0.05) is 26.0 Å². The molecule has 0 saturated carbocycles. The molecule has 0 spiro atoms. The maximum absolute atomic E-state index is 6.23. The Morgan fingerprint density at radius 2 is 2.06 bits per heavy atom. The van der Waals surface area contributed by atoms with Gasteiger partial charge in [-0.25, -0.2) is 0 Å². The van der Waals surface area contributed by atoms with E-state index in [4.69, 9.17) is 5.73 Å². The van der Waals surface area contributed by atoms with Gasteiger partial charge in [-0.2, -0.15) is 11.8 Å². The molecule has 0 bridgehead atoms. The van der Waals surface area contributed by atoms with Gasteiger partial charge in [-0.15, -0.1) is 0 Å². The topological polar surface area (TPSA) is 38.9 Å². The van der Waals surface area contributed by atoms with Crippen LogP contribution in [0.1, 0.15) is 25.5 Å². The minimum atomic E-state index is 0.110. The Labute approximate surface area is 113 Å². The largest absolute Gasteiger partial charge is 0.323 e. The first-order chi connectivity index (χ1) is 8.66. The Kier molecular flexibility index (Phi) is 4.61. The van der Waals surface area contributed by atoms with Gasteiger partial charge in [0.1, 0.15) is 0 Å². The maximum atomic E-state index is 6.23. The fourth-order valence-corrected chi connectivity index (χ4v) is 2.91. The second kappa shape index (κ2) is 6.21. The summed E-state index contributed by atoms with van der Waals surface area (Å²) >= 11 is 1.93. The zero-order valence-corrected chi connectivity index (χ0v) is 11.8. The molecule has 1 heterocycles. The second-order valence-corrected chi connectivity index (χ2v) is 6.07. The molecule has 1 aromatic heterocycles. The molecule has 2 nitrogen and oxygen atoms in total. The van der Waals surface area contributed by atoms with Gasteiger partial charge in [-0.05, 0) is 35.4 Å². The van der Waals surface area contributed by atoms with Gasteiger partial charge >= 0.3 is 0 Å². The van der Waals surface area contributed by atoms with Crippen molar-refractivity contribution < 1.29 is 0 Å². The summed E-state index contributed by atoms with van der Waals surface area (Å²) in [5.41, 5.74) is 8.46. The van der Waals surface area contributed by atoms with Crippen molar-refractivity contribution in [3.8, 4) is 0 Å². The van der Waals surface area contributed by atoms with E-state index in [2.05, 4.69) is 43.1 Å². The lowest BCUT2D eigenvalue weighted by atomic mass is 10.1. The van der Waals surface area contributed by atoms with Gasteiger partial charge in [0.2, 0.25) is 0 Å². The van der Waals surface area contributed by atoms with Crippen LogP contribution >= 0.6 is 11.8 Å². The van der Waals surface area contributed by atoms with Crippen LogP contribution in [0.15, 0.2) is 36.5 Å². The highest BCUT2D eigenvalue weighted by molar-refractivity contribution is 7.99. The first kappa shape index (κ1) is 13.4. The molecule has 3 heteroatoms. The predicted octanol–water partition coefficient (Wildman–Crippen LogP) is 3.62. The molecular weight excluding hydrogens is 240 g/mol. The average molecular weight is 260 g/mol. The van der Waals surface area contributed by atoms with E-state index in [-0.39, 0.29) is 6.04 Å².